The van der Waals surface area contributed by atoms with Crippen molar-refractivity contribution in [3.05, 3.63) is 18.6 Å². The van der Waals surface area contributed by atoms with Gasteiger partial charge in [-0.15, -0.1) is 0 Å². The van der Waals surface area contributed by atoms with Gasteiger partial charge in [0.1, 0.15) is 0 Å². The fraction of sp³-hybridized carbons (Fsp3) is 0.500. The Hall–Kier alpha value is 0.843. The molecule has 0 atom stereocenters. The Kier molecular flexibility index (Phi) is 21.4. The minimum atomic E-state index is 0. The Morgan fingerprint density at radius 3 is 1.88 bits per heavy atom. The van der Waals surface area contributed by atoms with Gasteiger partial charge in [-0.3, -0.25) is 0 Å². The van der Waals surface area contributed by atoms with Crippen molar-refractivity contribution in [2.45, 2.75) is 20.3 Å². The smallest absolute Gasteiger partial charge is 0 e. The first-order chi connectivity index (χ1) is 2.77. The van der Waals surface area contributed by atoms with E-state index in [1.54, 1.807) is 0 Å². The molecule has 0 saturated heterocycles. The molecule has 0 bridgehead atoms. The Bertz CT molecular complexity index is 55.5. The first-order valence-corrected chi connectivity index (χ1v) is 2.20. The van der Waals surface area contributed by atoms with Crippen molar-refractivity contribution in [3.8, 4) is 0 Å². The summed E-state index contributed by atoms with van der Waals surface area (Å²) in [6, 6.07) is 0. The molecule has 0 aromatic heterocycles. The van der Waals surface area contributed by atoms with Gasteiger partial charge in [0.05, 0.1) is 0 Å². The monoisotopic (exact) mass is 226 g/mol. The third-order valence-corrected chi connectivity index (χ3v) is 0.553. The van der Waals surface area contributed by atoms with E-state index in [0.717, 1.165) is 6.42 Å². The van der Waals surface area contributed by atoms with Crippen LogP contribution in [0.1, 0.15) is 20.3 Å². The maximum atomic E-state index is 3.65. The Morgan fingerprint density at radius 2 is 1.88 bits per heavy atom. The van der Waals surface area contributed by atoms with Crippen LogP contribution in [0.25, 0.3) is 0 Å². The predicted molar refractivity (Wildman–Crippen MR) is 29.4 cm³/mol. The van der Waals surface area contributed by atoms with Crippen molar-refractivity contribution in [1.82, 2.24) is 0 Å². The Labute approximate surface area is 75.3 Å². The largest absolute Gasteiger partial charge is 1.00 e. The summed E-state index contributed by atoms with van der Waals surface area (Å²) in [7, 11) is 0. The summed E-state index contributed by atoms with van der Waals surface area (Å²) in [5.74, 6) is 0. The molecule has 0 aliphatic carbocycles. The normalized spacial score (nSPS) is 5.88. The van der Waals surface area contributed by atoms with Gasteiger partial charge in [0.25, 0.3) is 0 Å². The van der Waals surface area contributed by atoms with Gasteiger partial charge in [0.15, 0.2) is 0 Å². The van der Waals surface area contributed by atoms with Crippen LogP contribution >= 0.6 is 0 Å². The topological polar surface area (TPSA) is 0 Å². The number of rotatable bonds is 1. The molecule has 0 fully saturated rings. The average Bonchev–Trinajstić information content (AvgIpc) is 1.35. The van der Waals surface area contributed by atoms with Gasteiger partial charge >= 0.3 is 0 Å². The summed E-state index contributed by atoms with van der Waals surface area (Å²) in [5, 5.41) is 0. The molecule has 0 nitrogen and oxygen atoms in total. The maximum Gasteiger partial charge on any atom is 0 e. The summed E-state index contributed by atoms with van der Waals surface area (Å²) < 4.78 is 0. The fourth-order valence-corrected chi connectivity index (χ4v) is 0.289. The second-order valence-electron chi connectivity index (χ2n) is 1.57. The van der Waals surface area contributed by atoms with Gasteiger partial charge in [0.2, 0.25) is 0 Å². The zero-order valence-electron chi connectivity index (χ0n) is 5.58. The van der Waals surface area contributed by atoms with Crippen molar-refractivity contribution >= 4 is 0 Å². The van der Waals surface area contributed by atoms with Crippen LogP contribution < -0.4 is 17.0 Å². The summed E-state index contributed by atoms with van der Waals surface area (Å²) in [4.78, 5) is 0. The van der Waals surface area contributed by atoms with E-state index in [0.29, 0.717) is 0 Å². The second-order valence-corrected chi connectivity index (χ2v) is 1.57. The molecule has 45 valence electrons. The molecule has 8 heavy (non-hydrogen) atoms. The molecule has 0 amide bonds. The molecule has 0 heterocycles. The summed E-state index contributed by atoms with van der Waals surface area (Å²) in [6.07, 6.45) is 3.02. The predicted octanol–water partition coefficient (Wildman–Crippen LogP) is -0.822. The van der Waals surface area contributed by atoms with E-state index in [9.17, 15) is 0 Å². The molecule has 0 unspecified atom stereocenters. The summed E-state index contributed by atoms with van der Waals surface area (Å²) in [5.41, 5.74) is 1.35. The third kappa shape index (κ3) is 15.8. The molecule has 0 spiro atoms. The maximum absolute atomic E-state index is 3.65. The van der Waals surface area contributed by atoms with Gasteiger partial charge in [-0.05, 0) is 27.2 Å². The van der Waals surface area contributed by atoms with Crippen LogP contribution in [0.15, 0.2) is 11.6 Å². The molecule has 0 rings (SSSR count). The van der Waals surface area contributed by atoms with Crippen LogP contribution in [-0.2, 0) is 19.5 Å². The number of allylic oxidation sites excluding steroid dienone is 2. The van der Waals surface area contributed by atoms with Crippen LogP contribution in [0.5, 0.6) is 0 Å². The van der Waals surface area contributed by atoms with Crippen molar-refractivity contribution < 1.29 is 36.5 Å². The molecule has 0 aromatic rings. The molecule has 0 aliphatic heterocycles. The average molecular weight is 228 g/mol. The van der Waals surface area contributed by atoms with Crippen LogP contribution in [0, 0.1) is 6.92 Å². The van der Waals surface area contributed by atoms with E-state index in [2.05, 4.69) is 26.8 Å². The second kappa shape index (κ2) is 10.8. The van der Waals surface area contributed by atoms with Crippen molar-refractivity contribution in [1.29, 1.82) is 0 Å². The standard InChI is InChI=1S/C6H11.BrH.Zn/c1-4-5-6(2)3;;/h5H,1,4H2,2-3H3;1H;/p-1. The number of hydrogen-bond acceptors (Lipinski definition) is 0. The van der Waals surface area contributed by atoms with Crippen LogP contribution in [-0.4, -0.2) is 0 Å². The van der Waals surface area contributed by atoms with Gasteiger partial charge in [-0.2, -0.15) is 0 Å². The zero-order valence-corrected chi connectivity index (χ0v) is 10.1. The minimum absolute atomic E-state index is 0. The van der Waals surface area contributed by atoms with Gasteiger partial charge < -0.3 is 17.0 Å². The Balaban J connectivity index is -0.000000125. The van der Waals surface area contributed by atoms with Gasteiger partial charge in [-0.1, -0.05) is 11.6 Å². The Morgan fingerprint density at radius 1 is 1.50 bits per heavy atom. The molecule has 0 aliphatic rings. The van der Waals surface area contributed by atoms with Crippen molar-refractivity contribution in [3.63, 3.8) is 0 Å². The van der Waals surface area contributed by atoms with E-state index in [4.69, 9.17) is 0 Å². The van der Waals surface area contributed by atoms with E-state index in [1.165, 1.54) is 5.57 Å². The molecular weight excluding hydrogens is 217 g/mol. The van der Waals surface area contributed by atoms with Gasteiger partial charge in [-0.25, -0.2) is 0 Å². The number of hydrogen-bond donors (Lipinski definition) is 0. The fourth-order valence-electron chi connectivity index (χ4n) is 0.289. The molecule has 0 N–H and O–H groups in total. The number of halogens is 1. The van der Waals surface area contributed by atoms with Crippen LogP contribution in [0.2, 0.25) is 0 Å². The quantitative estimate of drug-likeness (QED) is 0.406. The van der Waals surface area contributed by atoms with E-state index in [-0.39, 0.29) is 36.5 Å². The SMILES string of the molecule is [Br-].[CH2]CC=C(C)C.[Zn]. The van der Waals surface area contributed by atoms with Crippen LogP contribution in [0.4, 0.5) is 0 Å². The van der Waals surface area contributed by atoms with E-state index < -0.39 is 0 Å². The molecule has 1 radical (unpaired) electrons. The molecule has 0 aromatic carbocycles. The van der Waals surface area contributed by atoms with Gasteiger partial charge in [0, 0.05) is 19.5 Å². The summed E-state index contributed by atoms with van der Waals surface area (Å²) in [6.45, 7) is 7.80. The molecule has 0 saturated carbocycles. The van der Waals surface area contributed by atoms with Crippen molar-refractivity contribution in [2.24, 2.45) is 0 Å². The van der Waals surface area contributed by atoms with E-state index >= 15 is 0 Å². The summed E-state index contributed by atoms with van der Waals surface area (Å²) >= 11 is 0. The minimum Gasteiger partial charge on any atom is -1.00 e. The van der Waals surface area contributed by atoms with Crippen molar-refractivity contribution in [2.75, 3.05) is 0 Å². The molecule has 2 heteroatoms. The first kappa shape index (κ1) is 15.9. The van der Waals surface area contributed by atoms with E-state index in [1.807, 2.05) is 0 Å². The zero-order chi connectivity index (χ0) is 4.99. The third-order valence-electron chi connectivity index (χ3n) is 0.553. The first-order valence-electron chi connectivity index (χ1n) is 2.20. The van der Waals surface area contributed by atoms with Crippen LogP contribution in [0.3, 0.4) is 0 Å². The molecular formula is C6H11BrZn-.